The van der Waals surface area contributed by atoms with Gasteiger partial charge >= 0.3 is 0 Å². The Labute approximate surface area is 134 Å². The maximum absolute atomic E-state index is 6.00. The van der Waals surface area contributed by atoms with Gasteiger partial charge in [0.05, 0.1) is 5.02 Å². The van der Waals surface area contributed by atoms with E-state index in [2.05, 4.69) is 32.7 Å². The lowest BCUT2D eigenvalue weighted by Gasteiger charge is -2.08. The summed E-state index contributed by atoms with van der Waals surface area (Å²) in [7, 11) is 0. The predicted molar refractivity (Wildman–Crippen MR) is 85.7 cm³/mol. The molecule has 0 saturated carbocycles. The van der Waals surface area contributed by atoms with Crippen molar-refractivity contribution in [1.29, 1.82) is 0 Å². The zero-order valence-electron chi connectivity index (χ0n) is 9.96. The molecule has 2 aromatic rings. The second kappa shape index (κ2) is 7.50. The van der Waals surface area contributed by atoms with Gasteiger partial charge in [0.1, 0.15) is 12.4 Å². The molecule has 6 heteroatoms. The van der Waals surface area contributed by atoms with Crippen LogP contribution in [-0.4, -0.2) is 13.2 Å². The van der Waals surface area contributed by atoms with E-state index >= 15 is 0 Å². The molecule has 0 aliphatic heterocycles. The maximum Gasteiger partial charge on any atom is 0.139 e. The summed E-state index contributed by atoms with van der Waals surface area (Å²) in [6.45, 7) is 2.13. The Hall–Kier alpha value is -0.260. The van der Waals surface area contributed by atoms with Crippen LogP contribution in [0.5, 0.6) is 5.75 Å². The Kier molecular flexibility index (Phi) is 5.98. The van der Waals surface area contributed by atoms with Crippen molar-refractivity contribution in [2.45, 2.75) is 6.54 Å². The molecule has 0 spiro atoms. The van der Waals surface area contributed by atoms with E-state index in [0.717, 1.165) is 17.6 Å². The molecule has 0 bridgehead atoms. The smallest absolute Gasteiger partial charge is 0.139 e. The van der Waals surface area contributed by atoms with Gasteiger partial charge in [-0.05, 0) is 34.1 Å². The highest BCUT2D eigenvalue weighted by Crippen LogP contribution is 2.27. The normalized spacial score (nSPS) is 10.7. The largest absolute Gasteiger partial charge is 0.491 e. The lowest BCUT2D eigenvalue weighted by atomic mass is 10.3. The molecule has 102 valence electrons. The van der Waals surface area contributed by atoms with Gasteiger partial charge in [0.15, 0.2) is 0 Å². The van der Waals surface area contributed by atoms with E-state index in [0.29, 0.717) is 22.4 Å². The first kappa shape index (κ1) is 15.1. The number of halogens is 3. The van der Waals surface area contributed by atoms with E-state index in [1.54, 1.807) is 29.5 Å². The molecule has 2 rings (SSSR count). The fraction of sp³-hybridized carbons (Fsp3) is 0.231. The topological polar surface area (TPSA) is 21.3 Å². The molecule has 0 aliphatic rings. The molecule has 0 unspecified atom stereocenters. The van der Waals surface area contributed by atoms with Gasteiger partial charge in [-0.15, -0.1) is 11.3 Å². The molecule has 0 fully saturated rings. The van der Waals surface area contributed by atoms with Crippen molar-refractivity contribution in [3.05, 3.63) is 49.0 Å². The van der Waals surface area contributed by atoms with Crippen molar-refractivity contribution in [2.75, 3.05) is 13.2 Å². The third-order valence-electron chi connectivity index (χ3n) is 2.35. The summed E-state index contributed by atoms with van der Waals surface area (Å²) in [6.07, 6.45) is 0. The molecule has 1 heterocycles. The highest BCUT2D eigenvalue weighted by molar-refractivity contribution is 9.10. The van der Waals surface area contributed by atoms with E-state index in [4.69, 9.17) is 27.9 Å². The maximum atomic E-state index is 6.00. The lowest BCUT2D eigenvalue weighted by Crippen LogP contribution is -2.20. The van der Waals surface area contributed by atoms with Gasteiger partial charge in [0.2, 0.25) is 0 Å². The molecule has 0 atom stereocenters. The lowest BCUT2D eigenvalue weighted by molar-refractivity contribution is 0.314. The standard InChI is InChI=1S/C13H12BrCl2NOS/c14-9-5-11(19-8-9)7-17-3-4-18-13-6-10(15)1-2-12(13)16/h1-2,5-6,8,17H,3-4,7H2. The van der Waals surface area contributed by atoms with Crippen molar-refractivity contribution in [3.63, 3.8) is 0 Å². The van der Waals surface area contributed by atoms with Crippen molar-refractivity contribution in [2.24, 2.45) is 0 Å². The first-order valence-corrected chi connectivity index (χ1v) is 8.09. The van der Waals surface area contributed by atoms with Crippen molar-refractivity contribution < 1.29 is 4.74 Å². The van der Waals surface area contributed by atoms with Crippen LogP contribution in [0.3, 0.4) is 0 Å². The van der Waals surface area contributed by atoms with Crippen LogP contribution in [0.4, 0.5) is 0 Å². The summed E-state index contributed by atoms with van der Waals surface area (Å²) in [5.74, 6) is 0.620. The van der Waals surface area contributed by atoms with Crippen LogP contribution < -0.4 is 10.1 Å². The fourth-order valence-electron chi connectivity index (χ4n) is 1.48. The second-order valence-electron chi connectivity index (χ2n) is 3.83. The number of hydrogen-bond donors (Lipinski definition) is 1. The van der Waals surface area contributed by atoms with E-state index in [1.807, 2.05) is 0 Å². The van der Waals surface area contributed by atoms with E-state index in [9.17, 15) is 0 Å². The number of benzene rings is 1. The van der Waals surface area contributed by atoms with Crippen LogP contribution in [-0.2, 0) is 6.54 Å². The Morgan fingerprint density at radius 1 is 1.26 bits per heavy atom. The molecule has 1 aromatic heterocycles. The molecular formula is C13H12BrCl2NOS. The van der Waals surface area contributed by atoms with Gasteiger partial charge in [0.25, 0.3) is 0 Å². The van der Waals surface area contributed by atoms with E-state index in [1.165, 1.54) is 4.88 Å². The van der Waals surface area contributed by atoms with Gasteiger partial charge in [-0.2, -0.15) is 0 Å². The zero-order valence-corrected chi connectivity index (χ0v) is 13.9. The quantitative estimate of drug-likeness (QED) is 0.713. The minimum Gasteiger partial charge on any atom is -0.491 e. The molecule has 0 radical (unpaired) electrons. The molecule has 0 aliphatic carbocycles. The van der Waals surface area contributed by atoms with Gasteiger partial charge in [-0.1, -0.05) is 23.2 Å². The Balaban J connectivity index is 1.70. The molecule has 0 amide bonds. The molecule has 0 saturated heterocycles. The summed E-state index contributed by atoms with van der Waals surface area (Å²) in [6, 6.07) is 7.30. The third kappa shape index (κ3) is 4.97. The first-order valence-electron chi connectivity index (χ1n) is 5.66. The van der Waals surface area contributed by atoms with Crippen LogP contribution in [0.15, 0.2) is 34.1 Å². The minimum absolute atomic E-state index is 0.548. The Bertz CT molecular complexity index is 547. The summed E-state index contributed by atoms with van der Waals surface area (Å²) >= 11 is 17.0. The summed E-state index contributed by atoms with van der Waals surface area (Å²) < 4.78 is 6.70. The SMILES string of the molecule is Clc1ccc(Cl)c(OCCNCc2cc(Br)cs2)c1. The van der Waals surface area contributed by atoms with Crippen LogP contribution in [0.1, 0.15) is 4.88 Å². The van der Waals surface area contributed by atoms with Gasteiger partial charge in [0, 0.05) is 38.9 Å². The minimum atomic E-state index is 0.548. The van der Waals surface area contributed by atoms with Gasteiger partial charge in [-0.25, -0.2) is 0 Å². The van der Waals surface area contributed by atoms with E-state index in [-0.39, 0.29) is 0 Å². The number of ether oxygens (including phenoxy) is 1. The number of thiophene rings is 1. The van der Waals surface area contributed by atoms with Gasteiger partial charge in [-0.3, -0.25) is 0 Å². The second-order valence-corrected chi connectivity index (χ2v) is 6.59. The third-order valence-corrected chi connectivity index (χ3v) is 4.60. The fourth-order valence-corrected chi connectivity index (χ4v) is 3.23. The molecule has 2 nitrogen and oxygen atoms in total. The molecule has 19 heavy (non-hydrogen) atoms. The molecular weight excluding hydrogens is 369 g/mol. The highest BCUT2D eigenvalue weighted by Gasteiger charge is 2.02. The monoisotopic (exact) mass is 379 g/mol. The Morgan fingerprint density at radius 2 is 2.11 bits per heavy atom. The van der Waals surface area contributed by atoms with Crippen LogP contribution in [0, 0.1) is 0 Å². The number of hydrogen-bond acceptors (Lipinski definition) is 3. The van der Waals surface area contributed by atoms with Crippen molar-refractivity contribution in [1.82, 2.24) is 5.32 Å². The van der Waals surface area contributed by atoms with Crippen LogP contribution >= 0.6 is 50.5 Å². The molecule has 1 N–H and O–H groups in total. The summed E-state index contributed by atoms with van der Waals surface area (Å²) in [5.41, 5.74) is 0. The zero-order chi connectivity index (χ0) is 13.7. The average molecular weight is 381 g/mol. The Morgan fingerprint density at radius 3 is 2.84 bits per heavy atom. The number of rotatable bonds is 6. The van der Waals surface area contributed by atoms with Crippen LogP contribution in [0.25, 0.3) is 0 Å². The summed E-state index contributed by atoms with van der Waals surface area (Å²) in [4.78, 5) is 1.28. The highest BCUT2D eigenvalue weighted by atomic mass is 79.9. The van der Waals surface area contributed by atoms with Gasteiger partial charge < -0.3 is 10.1 Å². The average Bonchev–Trinajstić information content (AvgIpc) is 2.79. The summed E-state index contributed by atoms with van der Waals surface area (Å²) in [5, 5.41) is 6.57. The van der Waals surface area contributed by atoms with Crippen LogP contribution in [0.2, 0.25) is 10.0 Å². The predicted octanol–water partition coefficient (Wildman–Crippen LogP) is 4.99. The van der Waals surface area contributed by atoms with Crippen molar-refractivity contribution >= 4 is 50.5 Å². The van der Waals surface area contributed by atoms with E-state index < -0.39 is 0 Å². The molecule has 1 aromatic carbocycles. The first-order chi connectivity index (χ1) is 9.15. The van der Waals surface area contributed by atoms with Crippen molar-refractivity contribution in [3.8, 4) is 5.75 Å². The number of nitrogens with one attached hydrogen (secondary N) is 1.